The van der Waals surface area contributed by atoms with Gasteiger partial charge in [0.05, 0.1) is 6.54 Å². The first-order chi connectivity index (χ1) is 14.4. The molecular formula is C22H24ClN3O3S. The lowest BCUT2D eigenvalue weighted by Crippen LogP contribution is -2.64. The summed E-state index contributed by atoms with van der Waals surface area (Å²) in [5, 5.41) is 6.71. The van der Waals surface area contributed by atoms with Gasteiger partial charge in [-0.2, -0.15) is 0 Å². The van der Waals surface area contributed by atoms with Crippen LogP contribution in [0.1, 0.15) is 29.4 Å². The number of thiophene rings is 1. The number of ether oxygens (including phenoxy) is 1. The van der Waals surface area contributed by atoms with Crippen molar-refractivity contribution >= 4 is 45.0 Å². The van der Waals surface area contributed by atoms with Crippen LogP contribution in [0, 0.1) is 0 Å². The molecule has 4 rings (SSSR count). The number of fused-ring (bicyclic) bond motifs is 3. The zero-order chi connectivity index (χ0) is 21.3. The first kappa shape index (κ1) is 20.9. The quantitative estimate of drug-likeness (QED) is 0.560. The molecule has 6 nitrogen and oxygen atoms in total. The van der Waals surface area contributed by atoms with Gasteiger partial charge in [-0.1, -0.05) is 23.7 Å². The molecule has 30 heavy (non-hydrogen) atoms. The molecule has 158 valence electrons. The average Bonchev–Trinajstić information content (AvgIpc) is 3.32. The van der Waals surface area contributed by atoms with E-state index in [0.29, 0.717) is 43.4 Å². The van der Waals surface area contributed by atoms with E-state index in [1.165, 1.54) is 0 Å². The van der Waals surface area contributed by atoms with Crippen molar-refractivity contribution in [2.24, 2.45) is 0 Å². The maximum atomic E-state index is 13.4. The first-order valence-electron chi connectivity index (χ1n) is 9.84. The van der Waals surface area contributed by atoms with E-state index >= 15 is 0 Å². The predicted molar refractivity (Wildman–Crippen MR) is 119 cm³/mol. The van der Waals surface area contributed by atoms with Crippen LogP contribution in [0.15, 0.2) is 41.8 Å². The fraction of sp³-hybridized carbons (Fsp3) is 0.364. The highest BCUT2D eigenvalue weighted by molar-refractivity contribution is 7.16. The van der Waals surface area contributed by atoms with Crippen molar-refractivity contribution in [2.75, 3.05) is 20.3 Å². The normalized spacial score (nSPS) is 18.6. The Bertz CT molecular complexity index is 1080. The molecule has 8 heteroatoms. The third kappa shape index (κ3) is 3.73. The number of aromatic nitrogens is 1. The number of nitrogens with one attached hydrogen (secondary N) is 1. The number of carbonyl (C=O) groups is 2. The van der Waals surface area contributed by atoms with Crippen LogP contribution in [0.5, 0.6) is 0 Å². The van der Waals surface area contributed by atoms with Crippen molar-refractivity contribution < 1.29 is 14.3 Å². The van der Waals surface area contributed by atoms with Gasteiger partial charge in [-0.25, -0.2) is 0 Å². The summed E-state index contributed by atoms with van der Waals surface area (Å²) in [5.74, 6) is -0.294. The van der Waals surface area contributed by atoms with Crippen molar-refractivity contribution in [3.63, 3.8) is 0 Å². The molecule has 1 aliphatic heterocycles. The van der Waals surface area contributed by atoms with Crippen LogP contribution in [0.4, 0.5) is 0 Å². The van der Waals surface area contributed by atoms with E-state index in [4.69, 9.17) is 16.3 Å². The molecule has 3 aromatic rings. The van der Waals surface area contributed by atoms with Crippen LogP contribution in [-0.2, 0) is 22.6 Å². The van der Waals surface area contributed by atoms with Crippen molar-refractivity contribution in [1.82, 2.24) is 14.8 Å². The molecule has 0 saturated carbocycles. The second kappa shape index (κ2) is 8.41. The van der Waals surface area contributed by atoms with Gasteiger partial charge in [0, 0.05) is 37.2 Å². The third-order valence-corrected chi connectivity index (χ3v) is 6.82. The number of rotatable bonds is 7. The SMILES string of the molecule is COCCCN1C(=O)c2cc3ccsc3n2C[C@]1(C)C(=O)NCc1ccc(Cl)cc1. The Morgan fingerprint density at radius 3 is 2.80 bits per heavy atom. The molecule has 1 atom stereocenters. The summed E-state index contributed by atoms with van der Waals surface area (Å²) in [6.07, 6.45) is 0.664. The van der Waals surface area contributed by atoms with Crippen LogP contribution in [-0.4, -0.2) is 47.1 Å². The van der Waals surface area contributed by atoms with Gasteiger partial charge in [-0.3, -0.25) is 9.59 Å². The van der Waals surface area contributed by atoms with E-state index < -0.39 is 5.54 Å². The molecular weight excluding hydrogens is 422 g/mol. The minimum atomic E-state index is -1.000. The summed E-state index contributed by atoms with van der Waals surface area (Å²) in [5.41, 5.74) is 0.587. The third-order valence-electron chi connectivity index (χ3n) is 5.61. The van der Waals surface area contributed by atoms with E-state index in [9.17, 15) is 9.59 Å². The lowest BCUT2D eigenvalue weighted by Gasteiger charge is -2.44. The highest BCUT2D eigenvalue weighted by atomic mass is 35.5. The minimum Gasteiger partial charge on any atom is -0.385 e. The molecule has 0 saturated heterocycles. The highest BCUT2D eigenvalue weighted by Gasteiger charge is 2.47. The van der Waals surface area contributed by atoms with E-state index in [1.807, 2.05) is 41.1 Å². The molecule has 1 aromatic carbocycles. The van der Waals surface area contributed by atoms with Crippen molar-refractivity contribution in [1.29, 1.82) is 0 Å². The van der Waals surface area contributed by atoms with E-state index in [2.05, 4.69) is 5.32 Å². The van der Waals surface area contributed by atoms with Crippen LogP contribution in [0.3, 0.4) is 0 Å². The molecule has 0 bridgehead atoms. The summed E-state index contributed by atoms with van der Waals surface area (Å²) in [7, 11) is 1.63. The molecule has 1 N–H and O–H groups in total. The van der Waals surface area contributed by atoms with Gasteiger partial charge in [-0.05, 0) is 48.6 Å². The molecule has 2 amide bonds. The van der Waals surface area contributed by atoms with Crippen LogP contribution in [0.25, 0.3) is 10.2 Å². The number of hydrogen-bond acceptors (Lipinski definition) is 4. The Hall–Kier alpha value is -2.35. The molecule has 0 fully saturated rings. The zero-order valence-electron chi connectivity index (χ0n) is 17.0. The molecule has 0 unspecified atom stereocenters. The number of amides is 2. The maximum Gasteiger partial charge on any atom is 0.271 e. The van der Waals surface area contributed by atoms with E-state index in [0.717, 1.165) is 15.8 Å². The smallest absolute Gasteiger partial charge is 0.271 e. The fourth-order valence-corrected chi connectivity index (χ4v) is 4.97. The van der Waals surface area contributed by atoms with Crippen LogP contribution >= 0.6 is 22.9 Å². The summed E-state index contributed by atoms with van der Waals surface area (Å²) in [6.45, 7) is 3.62. The van der Waals surface area contributed by atoms with Gasteiger partial charge in [0.15, 0.2) is 0 Å². The van der Waals surface area contributed by atoms with E-state index in [1.54, 1.807) is 35.5 Å². The fourth-order valence-electron chi connectivity index (χ4n) is 3.95. The molecule has 3 heterocycles. The molecule has 0 spiro atoms. The Morgan fingerprint density at radius 2 is 2.07 bits per heavy atom. The standard InChI is InChI=1S/C22H24ClN3O3S/c1-22(21(28)24-13-15-4-6-17(23)7-5-15)14-25-18(12-16-8-11-30-20(16)25)19(27)26(22)9-3-10-29-2/h4-8,11-12H,3,9-10,13-14H2,1-2H3,(H,24,28)/t22-/m1/s1. The van der Waals surface area contributed by atoms with Gasteiger partial charge in [-0.15, -0.1) is 11.3 Å². The lowest BCUT2D eigenvalue weighted by atomic mass is 9.94. The van der Waals surface area contributed by atoms with Crippen molar-refractivity contribution in [2.45, 2.75) is 32.0 Å². The molecule has 2 aromatic heterocycles. The molecule has 0 aliphatic carbocycles. The number of methoxy groups -OCH3 is 1. The van der Waals surface area contributed by atoms with Gasteiger partial charge in [0.1, 0.15) is 16.1 Å². The van der Waals surface area contributed by atoms with Gasteiger partial charge < -0.3 is 19.5 Å². The topological polar surface area (TPSA) is 63.6 Å². The number of benzene rings is 1. The largest absolute Gasteiger partial charge is 0.385 e. The molecule has 0 radical (unpaired) electrons. The second-order valence-electron chi connectivity index (χ2n) is 7.68. The first-order valence-corrected chi connectivity index (χ1v) is 11.1. The highest BCUT2D eigenvalue weighted by Crippen LogP contribution is 2.34. The summed E-state index contributed by atoms with van der Waals surface area (Å²) >= 11 is 7.53. The Kier molecular flexibility index (Phi) is 5.86. The minimum absolute atomic E-state index is 0.120. The monoisotopic (exact) mass is 445 g/mol. The van der Waals surface area contributed by atoms with E-state index in [-0.39, 0.29) is 11.8 Å². The number of halogens is 1. The van der Waals surface area contributed by atoms with Gasteiger partial charge in [0.25, 0.3) is 5.91 Å². The number of carbonyl (C=O) groups excluding carboxylic acids is 2. The Morgan fingerprint density at radius 1 is 1.30 bits per heavy atom. The lowest BCUT2D eigenvalue weighted by molar-refractivity contribution is -0.133. The number of hydrogen-bond donors (Lipinski definition) is 1. The Labute approximate surface area is 184 Å². The zero-order valence-corrected chi connectivity index (χ0v) is 18.6. The van der Waals surface area contributed by atoms with Crippen molar-refractivity contribution in [3.05, 3.63) is 58.1 Å². The van der Waals surface area contributed by atoms with Gasteiger partial charge >= 0.3 is 0 Å². The summed E-state index contributed by atoms with van der Waals surface area (Å²) in [4.78, 5) is 29.5. The van der Waals surface area contributed by atoms with Crippen LogP contribution < -0.4 is 5.32 Å². The molecule has 1 aliphatic rings. The number of nitrogens with zero attached hydrogens (tertiary/aromatic N) is 2. The maximum absolute atomic E-state index is 13.4. The average molecular weight is 446 g/mol. The Balaban J connectivity index is 1.62. The van der Waals surface area contributed by atoms with Crippen molar-refractivity contribution in [3.8, 4) is 0 Å². The predicted octanol–water partition coefficient (Wildman–Crippen LogP) is 3.92. The summed E-state index contributed by atoms with van der Waals surface area (Å²) < 4.78 is 7.15. The van der Waals surface area contributed by atoms with Gasteiger partial charge in [0.2, 0.25) is 5.91 Å². The van der Waals surface area contributed by atoms with Crippen LogP contribution in [0.2, 0.25) is 5.02 Å². The second-order valence-corrected chi connectivity index (χ2v) is 9.01. The summed E-state index contributed by atoms with van der Waals surface area (Å²) in [6, 6.07) is 11.3.